The molecule has 0 aromatic carbocycles. The van der Waals surface area contributed by atoms with Gasteiger partial charge in [0.2, 0.25) is 0 Å². The van der Waals surface area contributed by atoms with Gasteiger partial charge in [-0.2, -0.15) is 0 Å². The van der Waals surface area contributed by atoms with Crippen molar-refractivity contribution in [2.45, 2.75) is 78.6 Å². The number of carbonyl (C=O) groups excluding carboxylic acids is 2. The molecule has 0 amide bonds. The summed E-state index contributed by atoms with van der Waals surface area (Å²) in [6, 6.07) is 0. The topological polar surface area (TPSA) is 71.4 Å². The molecule has 4 nitrogen and oxygen atoms in total. The Labute approximate surface area is 170 Å². The van der Waals surface area contributed by atoms with Crippen LogP contribution in [0.15, 0.2) is 48.6 Å². The summed E-state index contributed by atoms with van der Waals surface area (Å²) in [4.78, 5) is 34.8. The van der Waals surface area contributed by atoms with Crippen molar-refractivity contribution in [2.24, 2.45) is 5.41 Å². The van der Waals surface area contributed by atoms with Crippen molar-refractivity contribution in [3.63, 3.8) is 0 Å². The number of carboxylic acids is 1. The minimum absolute atomic E-state index is 0.00190. The normalized spacial score (nSPS) is 12.7. The van der Waals surface area contributed by atoms with Gasteiger partial charge in [-0.25, -0.2) is 0 Å². The molecule has 0 rings (SSSR count). The van der Waals surface area contributed by atoms with Gasteiger partial charge in [-0.15, -0.1) is 0 Å². The molecule has 0 atom stereocenters. The standard InChI is InChI=1S/C24H36O4/c1-4-5-6-7-8-9-10-11-12-13-14-15-16-17-18-19-20-24(21(2)25,22(3)26)23(27)28/h8-9,11-12,14-15,17-18H,4-7,10,13,16,19-20H2,1-3H3,(H,27,28)/b9-8-,12-11-,15-14-,18-17-. The van der Waals surface area contributed by atoms with Crippen molar-refractivity contribution in [2.75, 3.05) is 0 Å². The van der Waals surface area contributed by atoms with E-state index in [1.807, 2.05) is 18.2 Å². The van der Waals surface area contributed by atoms with Crippen LogP contribution < -0.4 is 0 Å². The van der Waals surface area contributed by atoms with E-state index in [-0.39, 0.29) is 6.42 Å². The number of hydrogen-bond donors (Lipinski definition) is 1. The van der Waals surface area contributed by atoms with E-state index < -0.39 is 23.0 Å². The third-order valence-corrected chi connectivity index (χ3v) is 4.71. The predicted octanol–water partition coefficient (Wildman–Crippen LogP) is 5.99. The van der Waals surface area contributed by atoms with Crippen LogP contribution in [-0.4, -0.2) is 22.6 Å². The number of aliphatic carboxylic acids is 1. The highest BCUT2D eigenvalue weighted by Crippen LogP contribution is 2.27. The van der Waals surface area contributed by atoms with E-state index in [0.29, 0.717) is 6.42 Å². The van der Waals surface area contributed by atoms with Gasteiger partial charge in [0.05, 0.1) is 0 Å². The zero-order valence-electron chi connectivity index (χ0n) is 17.7. The molecule has 28 heavy (non-hydrogen) atoms. The van der Waals surface area contributed by atoms with Crippen LogP contribution in [0.2, 0.25) is 0 Å². The zero-order valence-corrected chi connectivity index (χ0v) is 17.7. The van der Waals surface area contributed by atoms with Gasteiger partial charge in [-0.3, -0.25) is 14.4 Å². The zero-order chi connectivity index (χ0) is 21.3. The number of hydrogen-bond acceptors (Lipinski definition) is 3. The lowest BCUT2D eigenvalue weighted by Gasteiger charge is -2.22. The second-order valence-electron chi connectivity index (χ2n) is 6.95. The van der Waals surface area contributed by atoms with Gasteiger partial charge in [-0.1, -0.05) is 68.4 Å². The van der Waals surface area contributed by atoms with Crippen LogP contribution in [0.4, 0.5) is 0 Å². The van der Waals surface area contributed by atoms with Crippen LogP contribution >= 0.6 is 0 Å². The summed E-state index contributed by atoms with van der Waals surface area (Å²) < 4.78 is 0. The van der Waals surface area contributed by atoms with Crippen LogP contribution in [-0.2, 0) is 14.4 Å². The Hall–Kier alpha value is -2.23. The van der Waals surface area contributed by atoms with Crippen LogP contribution in [0.25, 0.3) is 0 Å². The van der Waals surface area contributed by atoms with Crippen molar-refractivity contribution in [3.05, 3.63) is 48.6 Å². The van der Waals surface area contributed by atoms with Crippen LogP contribution in [0.5, 0.6) is 0 Å². The fraction of sp³-hybridized carbons (Fsp3) is 0.542. The molecule has 0 fully saturated rings. The maximum absolute atomic E-state index is 11.7. The summed E-state index contributed by atoms with van der Waals surface area (Å²) >= 11 is 0. The molecule has 0 aromatic heterocycles. The van der Waals surface area contributed by atoms with Crippen molar-refractivity contribution in [3.8, 4) is 0 Å². The van der Waals surface area contributed by atoms with Gasteiger partial charge in [0.25, 0.3) is 0 Å². The molecule has 156 valence electrons. The van der Waals surface area contributed by atoms with Crippen LogP contribution in [0, 0.1) is 5.41 Å². The maximum Gasteiger partial charge on any atom is 0.324 e. The monoisotopic (exact) mass is 388 g/mol. The van der Waals surface area contributed by atoms with Crippen LogP contribution in [0.1, 0.15) is 78.6 Å². The number of ketones is 2. The number of rotatable bonds is 16. The first-order valence-corrected chi connectivity index (χ1v) is 10.2. The molecule has 0 aromatic rings. The van der Waals surface area contributed by atoms with Gasteiger partial charge < -0.3 is 5.11 Å². The Morgan fingerprint density at radius 1 is 0.714 bits per heavy atom. The Morgan fingerprint density at radius 3 is 1.54 bits per heavy atom. The lowest BCUT2D eigenvalue weighted by Crippen LogP contribution is -2.44. The Bertz CT molecular complexity index is 558. The van der Waals surface area contributed by atoms with E-state index in [1.165, 1.54) is 25.7 Å². The first kappa shape index (κ1) is 25.8. The highest BCUT2D eigenvalue weighted by atomic mass is 16.4. The molecule has 0 spiro atoms. The predicted molar refractivity (Wildman–Crippen MR) is 115 cm³/mol. The molecule has 0 unspecified atom stereocenters. The molecule has 0 saturated carbocycles. The average molecular weight is 389 g/mol. The Kier molecular flexibility index (Phi) is 14.5. The molecule has 0 heterocycles. The molecule has 0 bridgehead atoms. The van der Waals surface area contributed by atoms with Gasteiger partial charge in [0.15, 0.2) is 17.0 Å². The molecular weight excluding hydrogens is 352 g/mol. The van der Waals surface area contributed by atoms with E-state index in [0.717, 1.165) is 33.1 Å². The number of Topliss-reactive ketones (excluding diaryl/α,β-unsaturated/α-hetero) is 2. The van der Waals surface area contributed by atoms with Crippen molar-refractivity contribution in [1.29, 1.82) is 0 Å². The smallest absolute Gasteiger partial charge is 0.324 e. The quantitative estimate of drug-likeness (QED) is 0.200. The minimum Gasteiger partial charge on any atom is -0.480 e. The molecular formula is C24H36O4. The molecule has 0 aliphatic rings. The first-order valence-electron chi connectivity index (χ1n) is 10.2. The largest absolute Gasteiger partial charge is 0.480 e. The number of carbonyl (C=O) groups is 3. The fourth-order valence-electron chi connectivity index (χ4n) is 2.87. The van der Waals surface area contributed by atoms with Crippen molar-refractivity contribution >= 4 is 17.5 Å². The van der Waals surface area contributed by atoms with Crippen molar-refractivity contribution in [1.82, 2.24) is 0 Å². The molecule has 0 aliphatic heterocycles. The summed E-state index contributed by atoms with van der Waals surface area (Å²) in [6.45, 7) is 4.54. The highest BCUT2D eigenvalue weighted by molar-refractivity contribution is 6.20. The summed E-state index contributed by atoms with van der Waals surface area (Å²) in [7, 11) is 0. The minimum atomic E-state index is -1.91. The Balaban J connectivity index is 4.06. The molecule has 0 saturated heterocycles. The molecule has 0 radical (unpaired) electrons. The molecule has 0 aliphatic carbocycles. The summed E-state index contributed by atoms with van der Waals surface area (Å²) in [5, 5.41) is 9.30. The van der Waals surface area contributed by atoms with Gasteiger partial charge >= 0.3 is 5.97 Å². The summed E-state index contributed by atoms with van der Waals surface area (Å²) in [5.74, 6) is -2.57. The van der Waals surface area contributed by atoms with E-state index in [4.69, 9.17) is 0 Å². The summed E-state index contributed by atoms with van der Waals surface area (Å²) in [6.07, 6.45) is 24.6. The third-order valence-electron chi connectivity index (χ3n) is 4.71. The molecule has 4 heteroatoms. The summed E-state index contributed by atoms with van der Waals surface area (Å²) in [5.41, 5.74) is -1.91. The second kappa shape index (κ2) is 15.8. The van der Waals surface area contributed by atoms with E-state index >= 15 is 0 Å². The molecule has 1 N–H and O–H groups in total. The highest BCUT2D eigenvalue weighted by Gasteiger charge is 2.47. The lowest BCUT2D eigenvalue weighted by molar-refractivity contribution is -0.159. The Morgan fingerprint density at radius 2 is 1.14 bits per heavy atom. The van der Waals surface area contributed by atoms with Gasteiger partial charge in [0, 0.05) is 0 Å². The first-order chi connectivity index (χ1) is 13.4. The lowest BCUT2D eigenvalue weighted by atomic mass is 9.76. The van der Waals surface area contributed by atoms with E-state index in [1.54, 1.807) is 0 Å². The number of carboxylic acid groups (broad SMARTS) is 1. The van der Waals surface area contributed by atoms with Crippen LogP contribution in [0.3, 0.4) is 0 Å². The second-order valence-corrected chi connectivity index (χ2v) is 6.95. The van der Waals surface area contributed by atoms with E-state index in [2.05, 4.69) is 37.3 Å². The fourth-order valence-corrected chi connectivity index (χ4v) is 2.87. The SMILES string of the molecule is CCCCC/C=C\C/C=C\C/C=C\C/C=C\CCC(C(C)=O)(C(C)=O)C(=O)O. The van der Waals surface area contributed by atoms with Gasteiger partial charge in [-0.05, 0) is 58.8 Å². The third kappa shape index (κ3) is 10.2. The maximum atomic E-state index is 11.7. The van der Waals surface area contributed by atoms with Crippen molar-refractivity contribution < 1.29 is 19.5 Å². The number of unbranched alkanes of at least 4 members (excludes halogenated alkanes) is 3. The average Bonchev–Trinajstić information content (AvgIpc) is 2.63. The van der Waals surface area contributed by atoms with E-state index in [9.17, 15) is 19.5 Å². The van der Waals surface area contributed by atoms with Gasteiger partial charge in [0.1, 0.15) is 0 Å². The number of allylic oxidation sites excluding steroid dienone is 8.